The van der Waals surface area contributed by atoms with E-state index in [1.165, 1.54) is 10.6 Å². The number of fused-ring (bicyclic) bond motifs is 1. The molecule has 1 N–H and O–H groups in total. The van der Waals surface area contributed by atoms with Crippen molar-refractivity contribution in [2.45, 2.75) is 24.9 Å². The lowest BCUT2D eigenvalue weighted by Crippen LogP contribution is -2.27. The molecule has 2 heteroatoms. The van der Waals surface area contributed by atoms with Crippen LogP contribution < -0.4 is 0 Å². The van der Waals surface area contributed by atoms with Gasteiger partial charge in [0.2, 0.25) is 0 Å². The van der Waals surface area contributed by atoms with E-state index in [0.717, 1.165) is 12.8 Å². The van der Waals surface area contributed by atoms with Crippen LogP contribution in [-0.2, 0) is 0 Å². The van der Waals surface area contributed by atoms with E-state index in [-0.39, 0.29) is 12.1 Å². The first kappa shape index (κ1) is 9.13. The first-order chi connectivity index (χ1) is 7.36. The molecule has 1 aliphatic heterocycles. The van der Waals surface area contributed by atoms with Gasteiger partial charge >= 0.3 is 0 Å². The number of nitrogens with zero attached hydrogens (tertiary/aromatic N) is 1. The van der Waals surface area contributed by atoms with Crippen LogP contribution in [0.25, 0.3) is 0 Å². The van der Waals surface area contributed by atoms with Crippen molar-refractivity contribution in [3.63, 3.8) is 0 Å². The highest BCUT2D eigenvalue weighted by Gasteiger charge is 2.41. The zero-order valence-electron chi connectivity index (χ0n) is 8.58. The summed E-state index contributed by atoms with van der Waals surface area (Å²) < 4.78 is 0. The van der Waals surface area contributed by atoms with Crippen molar-refractivity contribution < 1.29 is 5.21 Å². The van der Waals surface area contributed by atoms with Gasteiger partial charge in [-0.25, -0.2) is 0 Å². The van der Waals surface area contributed by atoms with Crippen LogP contribution in [0.15, 0.2) is 42.5 Å². The van der Waals surface area contributed by atoms with Crippen molar-refractivity contribution in [1.29, 1.82) is 0 Å². The lowest BCUT2D eigenvalue weighted by atomic mass is 9.97. The van der Waals surface area contributed by atoms with Gasteiger partial charge in [-0.05, 0) is 24.3 Å². The molecule has 2 nitrogen and oxygen atoms in total. The summed E-state index contributed by atoms with van der Waals surface area (Å²) in [6.45, 7) is 0. The Balaban J connectivity index is 1.88. The molecule has 3 rings (SSSR count). The fourth-order valence-corrected chi connectivity index (χ4v) is 2.80. The Hall–Kier alpha value is -1.12. The van der Waals surface area contributed by atoms with Gasteiger partial charge in [-0.3, -0.25) is 0 Å². The second-order valence-corrected chi connectivity index (χ2v) is 4.46. The maximum Gasteiger partial charge on any atom is 0.0609 e. The number of allylic oxidation sites excluding steroid dienone is 1. The molecule has 1 aromatic rings. The quantitative estimate of drug-likeness (QED) is 0.706. The van der Waals surface area contributed by atoms with Crippen molar-refractivity contribution in [3.05, 3.63) is 48.0 Å². The van der Waals surface area contributed by atoms with Gasteiger partial charge in [0.25, 0.3) is 0 Å². The van der Waals surface area contributed by atoms with Gasteiger partial charge in [0, 0.05) is 0 Å². The minimum absolute atomic E-state index is 0.186. The molecule has 1 aliphatic carbocycles. The molecule has 2 aliphatic rings. The van der Waals surface area contributed by atoms with Gasteiger partial charge in [0.05, 0.1) is 12.1 Å². The average molecular weight is 201 g/mol. The van der Waals surface area contributed by atoms with E-state index in [0.29, 0.717) is 5.92 Å². The smallest absolute Gasteiger partial charge is 0.0609 e. The van der Waals surface area contributed by atoms with Crippen LogP contribution in [0.1, 0.15) is 24.4 Å². The highest BCUT2D eigenvalue weighted by molar-refractivity contribution is 5.23. The predicted molar refractivity (Wildman–Crippen MR) is 58.5 cm³/mol. The van der Waals surface area contributed by atoms with Gasteiger partial charge in [0.15, 0.2) is 0 Å². The van der Waals surface area contributed by atoms with Gasteiger partial charge in [0.1, 0.15) is 0 Å². The van der Waals surface area contributed by atoms with Crippen LogP contribution in [0.3, 0.4) is 0 Å². The van der Waals surface area contributed by atoms with E-state index in [2.05, 4.69) is 24.3 Å². The molecule has 3 atom stereocenters. The second-order valence-electron chi connectivity index (χ2n) is 4.46. The Morgan fingerprint density at radius 1 is 1.20 bits per heavy atom. The summed E-state index contributed by atoms with van der Waals surface area (Å²) in [4.78, 5) is 0. The third kappa shape index (κ3) is 1.41. The Morgan fingerprint density at radius 2 is 2.00 bits per heavy atom. The van der Waals surface area contributed by atoms with E-state index in [4.69, 9.17) is 0 Å². The van der Waals surface area contributed by atoms with Crippen LogP contribution in [0.4, 0.5) is 0 Å². The maximum absolute atomic E-state index is 10.1. The minimum atomic E-state index is 0.186. The molecule has 15 heavy (non-hydrogen) atoms. The molecular formula is C13H15NO. The average Bonchev–Trinajstić information content (AvgIpc) is 2.83. The summed E-state index contributed by atoms with van der Waals surface area (Å²) in [5, 5.41) is 11.6. The molecule has 78 valence electrons. The largest absolute Gasteiger partial charge is 0.313 e. The lowest BCUT2D eigenvalue weighted by Gasteiger charge is -2.21. The van der Waals surface area contributed by atoms with Gasteiger partial charge < -0.3 is 5.21 Å². The third-order valence-corrected chi connectivity index (χ3v) is 3.59. The molecular weight excluding hydrogens is 186 g/mol. The molecule has 0 saturated carbocycles. The van der Waals surface area contributed by atoms with Gasteiger partial charge in [-0.15, -0.1) is 0 Å². The number of benzene rings is 1. The lowest BCUT2D eigenvalue weighted by molar-refractivity contribution is -0.125. The van der Waals surface area contributed by atoms with Crippen molar-refractivity contribution in [2.75, 3.05) is 0 Å². The molecule has 1 aromatic carbocycles. The highest BCUT2D eigenvalue weighted by Crippen LogP contribution is 2.43. The highest BCUT2D eigenvalue weighted by atomic mass is 16.5. The number of hydrogen-bond donors (Lipinski definition) is 1. The molecule has 1 unspecified atom stereocenters. The molecule has 1 heterocycles. The van der Waals surface area contributed by atoms with E-state index < -0.39 is 0 Å². The van der Waals surface area contributed by atoms with E-state index in [1.54, 1.807) is 0 Å². The molecule has 0 amide bonds. The standard InChI is InChI=1S/C13H15NO/c15-14-12-8-4-7-11(12)9-13(14)10-5-2-1-3-6-10/h1-6,8,11-13,15H,7,9H2/t11-,12-,13?/m0/s1. The number of rotatable bonds is 1. The second kappa shape index (κ2) is 3.47. The summed E-state index contributed by atoms with van der Waals surface area (Å²) in [5.74, 6) is 0.611. The Labute approximate surface area is 89.8 Å². The summed E-state index contributed by atoms with van der Waals surface area (Å²) in [5.41, 5.74) is 1.22. The molecule has 0 spiro atoms. The zero-order chi connectivity index (χ0) is 10.3. The van der Waals surface area contributed by atoms with E-state index >= 15 is 0 Å². The Bertz CT molecular complexity index is 373. The summed E-state index contributed by atoms with van der Waals surface area (Å²) >= 11 is 0. The van der Waals surface area contributed by atoms with Gasteiger partial charge in [-0.1, -0.05) is 42.5 Å². The SMILES string of the molecule is ON1C(c2ccccc2)C[C@@H]2CC=C[C@@H]21. The van der Waals surface area contributed by atoms with Crippen molar-refractivity contribution in [3.8, 4) is 0 Å². The Kier molecular flexibility index (Phi) is 2.11. The van der Waals surface area contributed by atoms with Crippen molar-refractivity contribution >= 4 is 0 Å². The maximum atomic E-state index is 10.1. The summed E-state index contributed by atoms with van der Waals surface area (Å²) in [6, 6.07) is 10.7. The number of hydroxylamine groups is 2. The molecule has 0 radical (unpaired) electrons. The normalized spacial score (nSPS) is 34.6. The van der Waals surface area contributed by atoms with E-state index in [1.807, 2.05) is 18.2 Å². The van der Waals surface area contributed by atoms with E-state index in [9.17, 15) is 5.21 Å². The monoisotopic (exact) mass is 201 g/mol. The van der Waals surface area contributed by atoms with Crippen LogP contribution in [0.5, 0.6) is 0 Å². The summed E-state index contributed by atoms with van der Waals surface area (Å²) in [7, 11) is 0. The summed E-state index contributed by atoms with van der Waals surface area (Å²) in [6.07, 6.45) is 6.50. The van der Waals surface area contributed by atoms with Crippen LogP contribution in [-0.4, -0.2) is 16.3 Å². The van der Waals surface area contributed by atoms with Crippen molar-refractivity contribution in [2.24, 2.45) is 5.92 Å². The molecule has 0 bridgehead atoms. The van der Waals surface area contributed by atoms with Crippen LogP contribution in [0.2, 0.25) is 0 Å². The first-order valence-electron chi connectivity index (χ1n) is 5.55. The fourth-order valence-electron chi connectivity index (χ4n) is 2.80. The topological polar surface area (TPSA) is 23.5 Å². The van der Waals surface area contributed by atoms with Crippen LogP contribution in [0, 0.1) is 5.92 Å². The minimum Gasteiger partial charge on any atom is -0.313 e. The molecule has 0 aromatic heterocycles. The predicted octanol–water partition coefficient (Wildman–Crippen LogP) is 2.77. The fraction of sp³-hybridized carbons (Fsp3) is 0.385. The first-order valence-corrected chi connectivity index (χ1v) is 5.55. The zero-order valence-corrected chi connectivity index (χ0v) is 8.58. The molecule has 1 fully saturated rings. The number of hydrogen-bond acceptors (Lipinski definition) is 2. The Morgan fingerprint density at radius 3 is 2.73 bits per heavy atom. The van der Waals surface area contributed by atoms with Crippen LogP contribution >= 0.6 is 0 Å². The molecule has 1 saturated heterocycles. The van der Waals surface area contributed by atoms with Crippen molar-refractivity contribution in [1.82, 2.24) is 5.06 Å². The third-order valence-electron chi connectivity index (χ3n) is 3.59. The van der Waals surface area contributed by atoms with Gasteiger partial charge in [-0.2, -0.15) is 5.06 Å².